The average molecular weight is 273 g/mol. The number of hydrogen-bond donors (Lipinski definition) is 1. The van der Waals surface area contributed by atoms with Crippen molar-refractivity contribution in [1.29, 1.82) is 0 Å². The van der Waals surface area contributed by atoms with Crippen LogP contribution in [-0.4, -0.2) is 27.8 Å². The second-order valence-electron chi connectivity index (χ2n) is 5.70. The summed E-state index contributed by atoms with van der Waals surface area (Å²) in [5, 5.41) is 4.03. The molecule has 0 saturated heterocycles. The van der Waals surface area contributed by atoms with E-state index in [-0.39, 0.29) is 0 Å². The molecule has 0 aromatic carbocycles. The van der Waals surface area contributed by atoms with Gasteiger partial charge in [0.05, 0.1) is 0 Å². The lowest BCUT2D eigenvalue weighted by Crippen LogP contribution is -2.26. The van der Waals surface area contributed by atoms with E-state index in [4.69, 9.17) is 0 Å². The minimum atomic E-state index is -0.547. The smallest absolute Gasteiger partial charge is 0.0348 e. The van der Waals surface area contributed by atoms with Gasteiger partial charge in [-0.25, -0.2) is 0 Å². The van der Waals surface area contributed by atoms with Crippen molar-refractivity contribution < 1.29 is 4.21 Å². The normalized spacial score (nSPS) is 20.8. The fourth-order valence-electron chi connectivity index (χ4n) is 2.68. The fourth-order valence-corrected chi connectivity index (χ4v) is 4.36. The van der Waals surface area contributed by atoms with Gasteiger partial charge in [-0.2, -0.15) is 0 Å². The minimum Gasteiger partial charge on any atom is -0.314 e. The number of nitrogens with one attached hydrogen (secondary N) is 1. The van der Waals surface area contributed by atoms with Crippen LogP contribution in [0.3, 0.4) is 0 Å². The van der Waals surface area contributed by atoms with Crippen LogP contribution in [0.5, 0.6) is 0 Å². The Kier molecular flexibility index (Phi) is 8.95. The van der Waals surface area contributed by atoms with Gasteiger partial charge in [-0.15, -0.1) is 0 Å². The second kappa shape index (κ2) is 9.96. The Balaban J connectivity index is 2.01. The van der Waals surface area contributed by atoms with Gasteiger partial charge >= 0.3 is 0 Å². The Bertz CT molecular complexity index is 227. The molecule has 18 heavy (non-hydrogen) atoms. The van der Waals surface area contributed by atoms with Gasteiger partial charge in [-0.05, 0) is 45.6 Å². The van der Waals surface area contributed by atoms with E-state index in [9.17, 15) is 4.21 Å². The average Bonchev–Trinajstić information content (AvgIpc) is 2.42. The Morgan fingerprint density at radius 3 is 2.61 bits per heavy atom. The van der Waals surface area contributed by atoms with Crippen molar-refractivity contribution in [1.82, 2.24) is 5.32 Å². The predicted molar refractivity (Wildman–Crippen MR) is 81.5 cm³/mol. The molecule has 0 spiro atoms. The maximum Gasteiger partial charge on any atom is 0.0348 e. The molecular weight excluding hydrogens is 242 g/mol. The van der Waals surface area contributed by atoms with Gasteiger partial charge in [0.1, 0.15) is 0 Å². The van der Waals surface area contributed by atoms with Crippen LogP contribution < -0.4 is 5.32 Å². The van der Waals surface area contributed by atoms with Crippen LogP contribution >= 0.6 is 0 Å². The van der Waals surface area contributed by atoms with Crippen LogP contribution in [0.1, 0.15) is 71.6 Å². The maximum absolute atomic E-state index is 12.1. The zero-order valence-electron chi connectivity index (χ0n) is 12.2. The first-order valence-corrected chi connectivity index (χ1v) is 9.22. The molecule has 0 bridgehead atoms. The van der Waals surface area contributed by atoms with E-state index in [0.717, 1.165) is 18.7 Å². The molecule has 108 valence electrons. The summed E-state index contributed by atoms with van der Waals surface area (Å²) in [6.07, 6.45) is 11.2. The second-order valence-corrected chi connectivity index (χ2v) is 7.53. The maximum atomic E-state index is 12.1. The summed E-state index contributed by atoms with van der Waals surface area (Å²) >= 11 is 0. The summed E-state index contributed by atoms with van der Waals surface area (Å²) in [4.78, 5) is 0. The summed E-state index contributed by atoms with van der Waals surface area (Å²) < 4.78 is 12.1. The largest absolute Gasteiger partial charge is 0.314 e. The van der Waals surface area contributed by atoms with E-state index in [2.05, 4.69) is 19.2 Å². The predicted octanol–water partition coefficient (Wildman–Crippen LogP) is 3.63. The van der Waals surface area contributed by atoms with E-state index in [1.807, 2.05) is 0 Å². The highest BCUT2D eigenvalue weighted by Crippen LogP contribution is 2.22. The lowest BCUT2D eigenvalue weighted by Gasteiger charge is -2.21. The van der Waals surface area contributed by atoms with E-state index in [0.29, 0.717) is 11.3 Å². The summed E-state index contributed by atoms with van der Waals surface area (Å²) in [6, 6.07) is 0.619. The molecule has 0 aromatic heterocycles. The number of unbranched alkanes of at least 4 members (excludes halogenated alkanes) is 1. The summed E-state index contributed by atoms with van der Waals surface area (Å²) in [5.41, 5.74) is 0. The molecule has 0 heterocycles. The third-order valence-corrected chi connectivity index (χ3v) is 5.81. The molecular formula is C15H31NOS. The summed E-state index contributed by atoms with van der Waals surface area (Å²) in [5.74, 6) is 0.936. The standard InChI is InChI=1S/C15H31NOS/c1-3-12-16-14(2)9-7-8-13-18(17)15-10-5-4-6-11-15/h14-16H,3-13H2,1-2H3. The highest BCUT2D eigenvalue weighted by molar-refractivity contribution is 7.85. The highest BCUT2D eigenvalue weighted by Gasteiger charge is 2.19. The third-order valence-electron chi connectivity index (χ3n) is 3.90. The Hall–Kier alpha value is 0.110. The van der Waals surface area contributed by atoms with E-state index in [1.54, 1.807) is 0 Å². The van der Waals surface area contributed by atoms with E-state index >= 15 is 0 Å². The van der Waals surface area contributed by atoms with E-state index in [1.165, 1.54) is 51.4 Å². The molecule has 0 aliphatic heterocycles. The van der Waals surface area contributed by atoms with Crippen LogP contribution in [0.4, 0.5) is 0 Å². The number of hydrogen-bond acceptors (Lipinski definition) is 2. The molecule has 2 atom stereocenters. The quantitative estimate of drug-likeness (QED) is 0.650. The molecule has 0 radical (unpaired) electrons. The summed E-state index contributed by atoms with van der Waals surface area (Å²) in [7, 11) is -0.547. The topological polar surface area (TPSA) is 29.1 Å². The first-order chi connectivity index (χ1) is 8.74. The van der Waals surface area contributed by atoms with Gasteiger partial charge in [0.2, 0.25) is 0 Å². The molecule has 2 unspecified atom stereocenters. The molecule has 1 aliphatic rings. The lowest BCUT2D eigenvalue weighted by atomic mass is 10.0. The van der Waals surface area contributed by atoms with Crippen LogP contribution in [0.25, 0.3) is 0 Å². The van der Waals surface area contributed by atoms with Crippen molar-refractivity contribution in [2.24, 2.45) is 0 Å². The zero-order valence-corrected chi connectivity index (χ0v) is 13.1. The molecule has 1 rings (SSSR count). The number of rotatable bonds is 9. The first kappa shape index (κ1) is 16.2. The van der Waals surface area contributed by atoms with Crippen LogP contribution in [0.2, 0.25) is 0 Å². The van der Waals surface area contributed by atoms with Gasteiger partial charge in [-0.3, -0.25) is 4.21 Å². The van der Waals surface area contributed by atoms with Crippen molar-refractivity contribution in [2.75, 3.05) is 12.3 Å². The lowest BCUT2D eigenvalue weighted by molar-refractivity contribution is 0.491. The van der Waals surface area contributed by atoms with Gasteiger partial charge < -0.3 is 5.32 Å². The Labute approximate surface area is 116 Å². The van der Waals surface area contributed by atoms with Gasteiger partial charge in [0, 0.05) is 27.8 Å². The molecule has 1 N–H and O–H groups in total. The van der Waals surface area contributed by atoms with Gasteiger partial charge in [0.25, 0.3) is 0 Å². The molecule has 0 amide bonds. The molecule has 1 aliphatic carbocycles. The molecule has 1 fully saturated rings. The van der Waals surface area contributed by atoms with Gasteiger partial charge in [-0.1, -0.05) is 32.6 Å². The van der Waals surface area contributed by atoms with Crippen molar-refractivity contribution >= 4 is 10.8 Å². The first-order valence-electron chi connectivity index (χ1n) is 7.84. The van der Waals surface area contributed by atoms with Crippen molar-refractivity contribution in [3.63, 3.8) is 0 Å². The van der Waals surface area contributed by atoms with Crippen molar-refractivity contribution in [3.8, 4) is 0 Å². The van der Waals surface area contributed by atoms with Crippen molar-refractivity contribution in [2.45, 2.75) is 82.9 Å². The molecule has 3 heteroatoms. The molecule has 0 aromatic rings. The zero-order chi connectivity index (χ0) is 13.2. The van der Waals surface area contributed by atoms with Gasteiger partial charge in [0.15, 0.2) is 0 Å². The highest BCUT2D eigenvalue weighted by atomic mass is 32.2. The van der Waals surface area contributed by atoms with Crippen LogP contribution in [0.15, 0.2) is 0 Å². The summed E-state index contributed by atoms with van der Waals surface area (Å²) in [6.45, 7) is 5.58. The molecule has 1 saturated carbocycles. The van der Waals surface area contributed by atoms with Crippen LogP contribution in [-0.2, 0) is 10.8 Å². The monoisotopic (exact) mass is 273 g/mol. The minimum absolute atomic E-state index is 0.523. The Morgan fingerprint density at radius 1 is 1.22 bits per heavy atom. The Morgan fingerprint density at radius 2 is 1.94 bits per heavy atom. The van der Waals surface area contributed by atoms with Crippen molar-refractivity contribution in [3.05, 3.63) is 0 Å². The molecule has 2 nitrogen and oxygen atoms in total. The van der Waals surface area contributed by atoms with Crippen LogP contribution in [0, 0.1) is 0 Å². The SMILES string of the molecule is CCCNC(C)CCCCS(=O)C1CCCCC1. The third kappa shape index (κ3) is 6.89. The van der Waals surface area contributed by atoms with E-state index < -0.39 is 10.8 Å². The fraction of sp³-hybridized carbons (Fsp3) is 1.00.